The van der Waals surface area contributed by atoms with Gasteiger partial charge in [-0.2, -0.15) is 0 Å². The van der Waals surface area contributed by atoms with Gasteiger partial charge in [0, 0.05) is 11.1 Å². The molecule has 3 heterocycles. The van der Waals surface area contributed by atoms with E-state index in [1.54, 1.807) is 11.3 Å². The van der Waals surface area contributed by atoms with Crippen molar-refractivity contribution in [3.63, 3.8) is 0 Å². The van der Waals surface area contributed by atoms with Crippen LogP contribution < -0.4 is 9.47 Å². The average Bonchev–Trinajstić information content (AvgIpc) is 3.42. The zero-order valence-corrected chi connectivity index (χ0v) is 14.8. The van der Waals surface area contributed by atoms with Gasteiger partial charge in [-0.3, -0.25) is 0 Å². The van der Waals surface area contributed by atoms with Crippen molar-refractivity contribution in [1.29, 1.82) is 0 Å². The van der Waals surface area contributed by atoms with Crippen LogP contribution in [0.5, 0.6) is 11.5 Å². The van der Waals surface area contributed by atoms with Crippen molar-refractivity contribution >= 4 is 32.7 Å². The molecule has 130 valence electrons. The Hall–Kier alpha value is -3.38. The first-order chi connectivity index (χ1) is 13.3. The third kappa shape index (κ3) is 2.38. The number of oxazole rings is 1. The van der Waals surface area contributed by atoms with Crippen LogP contribution in [-0.4, -0.2) is 16.8 Å². The van der Waals surface area contributed by atoms with Crippen LogP contribution in [0.25, 0.3) is 43.3 Å². The van der Waals surface area contributed by atoms with Gasteiger partial charge in [-0.15, -0.1) is 11.3 Å². The maximum atomic E-state index is 5.88. The normalized spacial score (nSPS) is 12.9. The predicted molar refractivity (Wildman–Crippen MR) is 104 cm³/mol. The third-order valence-corrected chi connectivity index (χ3v) is 5.63. The van der Waals surface area contributed by atoms with Crippen LogP contribution in [0.3, 0.4) is 0 Å². The molecule has 5 nitrogen and oxygen atoms in total. The van der Waals surface area contributed by atoms with Crippen LogP contribution in [0, 0.1) is 0 Å². The van der Waals surface area contributed by atoms with Crippen LogP contribution in [0.4, 0.5) is 0 Å². The Balaban J connectivity index is 1.43. The minimum atomic E-state index is 0.270. The second-order valence-electron chi connectivity index (χ2n) is 6.26. The molecule has 3 aromatic carbocycles. The van der Waals surface area contributed by atoms with E-state index in [9.17, 15) is 0 Å². The first-order valence-electron chi connectivity index (χ1n) is 8.50. The molecule has 0 spiro atoms. The van der Waals surface area contributed by atoms with Gasteiger partial charge < -0.3 is 13.9 Å². The number of para-hydroxylation sites is 2. The molecule has 0 bridgehead atoms. The minimum absolute atomic E-state index is 0.270. The maximum Gasteiger partial charge on any atom is 0.231 e. The highest BCUT2D eigenvalue weighted by Crippen LogP contribution is 2.39. The lowest BCUT2D eigenvalue weighted by Crippen LogP contribution is -1.92. The molecule has 0 aliphatic carbocycles. The van der Waals surface area contributed by atoms with E-state index in [1.165, 1.54) is 0 Å². The number of ether oxygens (including phenoxy) is 2. The molecule has 1 aliphatic rings. The van der Waals surface area contributed by atoms with E-state index in [2.05, 4.69) is 11.1 Å². The molecule has 0 radical (unpaired) electrons. The van der Waals surface area contributed by atoms with E-state index >= 15 is 0 Å². The second-order valence-corrected chi connectivity index (χ2v) is 7.29. The fourth-order valence-corrected chi connectivity index (χ4v) is 4.15. The van der Waals surface area contributed by atoms with Gasteiger partial charge >= 0.3 is 0 Å². The molecule has 1 aliphatic heterocycles. The highest BCUT2D eigenvalue weighted by Gasteiger charge is 2.16. The summed E-state index contributed by atoms with van der Waals surface area (Å²) in [6.07, 6.45) is 0. The Labute approximate surface area is 157 Å². The van der Waals surface area contributed by atoms with Crippen LogP contribution in [0.2, 0.25) is 0 Å². The molecule has 0 amide bonds. The molecule has 6 rings (SSSR count). The van der Waals surface area contributed by atoms with E-state index in [1.807, 2.05) is 54.6 Å². The topological polar surface area (TPSA) is 57.4 Å². The van der Waals surface area contributed by atoms with Crippen LogP contribution >= 0.6 is 11.3 Å². The Morgan fingerprint density at radius 2 is 1.67 bits per heavy atom. The summed E-state index contributed by atoms with van der Waals surface area (Å²) in [5, 5.41) is 0.943. The summed E-state index contributed by atoms with van der Waals surface area (Å²) < 4.78 is 17.8. The van der Waals surface area contributed by atoms with Gasteiger partial charge in [-0.25, -0.2) is 9.97 Å². The van der Waals surface area contributed by atoms with Gasteiger partial charge in [0.25, 0.3) is 0 Å². The number of thiazole rings is 1. The molecule has 27 heavy (non-hydrogen) atoms. The first kappa shape index (κ1) is 14.8. The van der Waals surface area contributed by atoms with Gasteiger partial charge in [0.15, 0.2) is 17.1 Å². The van der Waals surface area contributed by atoms with Crippen molar-refractivity contribution in [2.24, 2.45) is 0 Å². The Morgan fingerprint density at radius 3 is 2.63 bits per heavy atom. The van der Waals surface area contributed by atoms with Crippen molar-refractivity contribution in [2.75, 3.05) is 6.79 Å². The predicted octanol–water partition coefficient (Wildman–Crippen LogP) is 5.50. The molecule has 0 saturated heterocycles. The molecule has 0 unspecified atom stereocenters. The first-order valence-corrected chi connectivity index (χ1v) is 9.32. The zero-order chi connectivity index (χ0) is 17.8. The summed E-state index contributed by atoms with van der Waals surface area (Å²) in [5.74, 6) is 2.15. The van der Waals surface area contributed by atoms with Crippen molar-refractivity contribution < 1.29 is 13.9 Å². The van der Waals surface area contributed by atoms with E-state index in [0.717, 1.165) is 48.9 Å². The number of hydrogen-bond acceptors (Lipinski definition) is 6. The van der Waals surface area contributed by atoms with Crippen molar-refractivity contribution in [3.8, 4) is 33.5 Å². The van der Waals surface area contributed by atoms with Crippen molar-refractivity contribution in [1.82, 2.24) is 9.97 Å². The quantitative estimate of drug-likeness (QED) is 0.409. The number of aromatic nitrogens is 2. The number of fused-ring (bicyclic) bond motifs is 3. The molecule has 2 aromatic heterocycles. The number of rotatable bonds is 2. The van der Waals surface area contributed by atoms with Gasteiger partial charge in [0.2, 0.25) is 12.7 Å². The summed E-state index contributed by atoms with van der Waals surface area (Å²) >= 11 is 1.65. The highest BCUT2D eigenvalue weighted by atomic mass is 32.1. The molecule has 0 saturated carbocycles. The third-order valence-electron chi connectivity index (χ3n) is 4.55. The highest BCUT2D eigenvalue weighted by molar-refractivity contribution is 7.21. The Kier molecular flexibility index (Phi) is 3.04. The summed E-state index contributed by atoms with van der Waals surface area (Å²) in [5.41, 5.74) is 4.50. The second kappa shape index (κ2) is 5.56. The lowest BCUT2D eigenvalue weighted by Gasteiger charge is -1.98. The van der Waals surface area contributed by atoms with E-state index in [4.69, 9.17) is 18.9 Å². The number of nitrogens with zero attached hydrogens (tertiary/aromatic N) is 2. The van der Waals surface area contributed by atoms with Gasteiger partial charge in [0.05, 0.1) is 10.2 Å². The SMILES string of the molecule is c1ccc2oc(-c3ccc4sc(-c5ccc6c(c5)OCO6)nc4c3)nc2c1. The zero-order valence-electron chi connectivity index (χ0n) is 14.0. The monoisotopic (exact) mass is 372 g/mol. The molecular formula is C21H12N2O3S. The van der Waals surface area contributed by atoms with Crippen LogP contribution in [0.1, 0.15) is 0 Å². The van der Waals surface area contributed by atoms with Gasteiger partial charge in [-0.05, 0) is 48.5 Å². The summed E-state index contributed by atoms with van der Waals surface area (Å²) in [7, 11) is 0. The average molecular weight is 372 g/mol. The lowest BCUT2D eigenvalue weighted by atomic mass is 10.2. The summed E-state index contributed by atoms with van der Waals surface area (Å²) in [6.45, 7) is 0.270. The molecular weight excluding hydrogens is 360 g/mol. The fourth-order valence-electron chi connectivity index (χ4n) is 3.21. The molecule has 6 heteroatoms. The molecule has 0 N–H and O–H groups in total. The smallest absolute Gasteiger partial charge is 0.231 e. The lowest BCUT2D eigenvalue weighted by molar-refractivity contribution is 0.174. The van der Waals surface area contributed by atoms with Crippen molar-refractivity contribution in [2.45, 2.75) is 0 Å². The van der Waals surface area contributed by atoms with E-state index in [-0.39, 0.29) is 6.79 Å². The summed E-state index contributed by atoms with van der Waals surface area (Å²) in [6, 6.07) is 19.8. The van der Waals surface area contributed by atoms with Crippen LogP contribution in [0.15, 0.2) is 65.1 Å². The van der Waals surface area contributed by atoms with Crippen molar-refractivity contribution in [3.05, 3.63) is 60.7 Å². The number of hydrogen-bond donors (Lipinski definition) is 0. The standard InChI is InChI=1S/C21H12N2O3S/c1-2-4-16-14(3-1)22-20(26-16)12-6-8-19-15(9-12)23-21(27-19)13-5-7-17-18(10-13)25-11-24-17/h1-10H,11H2. The Bertz CT molecular complexity index is 1290. The molecule has 0 fully saturated rings. The van der Waals surface area contributed by atoms with Gasteiger partial charge in [-0.1, -0.05) is 12.1 Å². The largest absolute Gasteiger partial charge is 0.454 e. The van der Waals surface area contributed by atoms with Gasteiger partial charge in [0.1, 0.15) is 10.5 Å². The number of benzene rings is 3. The van der Waals surface area contributed by atoms with E-state index in [0.29, 0.717) is 5.89 Å². The van der Waals surface area contributed by atoms with E-state index < -0.39 is 0 Å². The molecule has 5 aromatic rings. The Morgan fingerprint density at radius 1 is 0.778 bits per heavy atom. The molecule has 0 atom stereocenters. The maximum absolute atomic E-state index is 5.88. The summed E-state index contributed by atoms with van der Waals surface area (Å²) in [4.78, 5) is 9.37. The fraction of sp³-hybridized carbons (Fsp3) is 0.0476. The van der Waals surface area contributed by atoms with Crippen LogP contribution in [-0.2, 0) is 0 Å². The minimum Gasteiger partial charge on any atom is -0.454 e.